The first-order valence-corrected chi connectivity index (χ1v) is 9.91. The van der Waals surface area contributed by atoms with E-state index in [4.69, 9.17) is 9.47 Å². The van der Waals surface area contributed by atoms with Crippen LogP contribution in [-0.2, 0) is 11.4 Å². The van der Waals surface area contributed by atoms with E-state index >= 15 is 0 Å². The number of urea groups is 1. The van der Waals surface area contributed by atoms with Crippen LogP contribution < -0.4 is 14.8 Å². The fraction of sp³-hybridized carbons (Fsp3) is 0.182. The summed E-state index contributed by atoms with van der Waals surface area (Å²) in [7, 11) is 0. The number of amides is 3. The van der Waals surface area contributed by atoms with Crippen molar-refractivity contribution in [2.24, 2.45) is 0 Å². The van der Waals surface area contributed by atoms with Gasteiger partial charge in [-0.2, -0.15) is 0 Å². The minimum absolute atomic E-state index is 0.155. The lowest BCUT2D eigenvalue weighted by molar-refractivity contribution is -0.122. The maximum atomic E-state index is 12.4. The number of ether oxygens (including phenoxy) is 2. The van der Waals surface area contributed by atoms with Gasteiger partial charge in [-0.25, -0.2) is 4.79 Å². The summed E-state index contributed by atoms with van der Waals surface area (Å²) in [6.07, 6.45) is 3.11. The number of hydrogen-bond acceptors (Lipinski definition) is 4. The van der Waals surface area contributed by atoms with Gasteiger partial charge in [0.15, 0.2) is 11.5 Å². The summed E-state index contributed by atoms with van der Waals surface area (Å²) >= 11 is 3.52. The summed E-state index contributed by atoms with van der Waals surface area (Å²) in [6, 6.07) is 12.9. The van der Waals surface area contributed by atoms with Gasteiger partial charge in [0.25, 0.3) is 5.91 Å². The Balaban J connectivity index is 1.87. The van der Waals surface area contributed by atoms with Gasteiger partial charge in [0.05, 0.1) is 11.1 Å². The van der Waals surface area contributed by atoms with Gasteiger partial charge >= 0.3 is 6.03 Å². The Bertz CT molecular complexity index is 957. The maximum absolute atomic E-state index is 12.4. The maximum Gasteiger partial charge on any atom is 0.329 e. The zero-order chi connectivity index (χ0) is 20.8. The predicted molar refractivity (Wildman–Crippen MR) is 115 cm³/mol. The molecule has 29 heavy (non-hydrogen) atoms. The second-order valence-electron chi connectivity index (χ2n) is 6.23. The SMILES string of the molecule is C=CCN1C(=O)N/C(=C/c2cc(Br)c(OCc3ccccc3)c(OCC)c2)C1=O. The number of hydrogen-bond donors (Lipinski definition) is 1. The van der Waals surface area contributed by atoms with Crippen molar-refractivity contribution in [1.82, 2.24) is 10.2 Å². The first kappa shape index (κ1) is 20.7. The van der Waals surface area contributed by atoms with Crippen LogP contribution in [0.5, 0.6) is 11.5 Å². The van der Waals surface area contributed by atoms with Crippen molar-refractivity contribution in [3.8, 4) is 11.5 Å². The van der Waals surface area contributed by atoms with Gasteiger partial charge in [0.1, 0.15) is 12.3 Å². The van der Waals surface area contributed by atoms with E-state index in [0.29, 0.717) is 34.7 Å². The average molecular weight is 457 g/mol. The lowest BCUT2D eigenvalue weighted by atomic mass is 10.1. The molecule has 1 saturated heterocycles. The minimum atomic E-state index is -0.465. The number of nitrogens with one attached hydrogen (secondary N) is 1. The van der Waals surface area contributed by atoms with Crippen LogP contribution in [-0.4, -0.2) is 30.0 Å². The Morgan fingerprint density at radius 1 is 1.17 bits per heavy atom. The molecule has 1 aliphatic rings. The van der Waals surface area contributed by atoms with Crippen LogP contribution in [0, 0.1) is 0 Å². The number of nitrogens with zero attached hydrogens (tertiary/aromatic N) is 1. The van der Waals surface area contributed by atoms with Crippen LogP contribution >= 0.6 is 15.9 Å². The molecule has 0 aromatic heterocycles. The molecule has 3 rings (SSSR count). The van der Waals surface area contributed by atoms with Crippen molar-refractivity contribution in [2.75, 3.05) is 13.2 Å². The Morgan fingerprint density at radius 2 is 1.93 bits per heavy atom. The van der Waals surface area contributed by atoms with Crippen LogP contribution in [0.2, 0.25) is 0 Å². The summed E-state index contributed by atoms with van der Waals surface area (Å²) in [5.41, 5.74) is 1.93. The van der Waals surface area contributed by atoms with E-state index in [0.717, 1.165) is 10.5 Å². The molecular weight excluding hydrogens is 436 g/mol. The second kappa shape index (κ2) is 9.43. The molecule has 0 spiro atoms. The Kier molecular flexibility index (Phi) is 6.72. The standard InChI is InChI=1S/C22H21BrN2O4/c1-3-10-25-21(26)18(24-22(25)27)12-16-11-17(23)20(19(13-16)28-4-2)29-14-15-8-6-5-7-9-15/h3,5-9,11-13H,1,4,10,14H2,2H3,(H,24,27)/b18-12+. The van der Waals surface area contributed by atoms with Gasteiger partial charge in [-0.3, -0.25) is 9.69 Å². The van der Waals surface area contributed by atoms with Crippen LogP contribution in [0.1, 0.15) is 18.1 Å². The molecule has 0 unspecified atom stereocenters. The summed E-state index contributed by atoms with van der Waals surface area (Å²) in [5, 5.41) is 2.58. The Labute approximate surface area is 177 Å². The molecule has 2 aromatic rings. The number of carbonyl (C=O) groups excluding carboxylic acids is 2. The third-order valence-electron chi connectivity index (χ3n) is 4.14. The molecule has 0 bridgehead atoms. The van der Waals surface area contributed by atoms with Gasteiger partial charge in [-0.05, 0) is 52.2 Å². The molecule has 0 radical (unpaired) electrons. The molecule has 6 nitrogen and oxygen atoms in total. The molecule has 1 aliphatic heterocycles. The molecule has 2 aromatic carbocycles. The van der Waals surface area contributed by atoms with Crippen LogP contribution in [0.4, 0.5) is 4.79 Å². The molecule has 7 heteroatoms. The van der Waals surface area contributed by atoms with E-state index in [1.807, 2.05) is 43.3 Å². The Morgan fingerprint density at radius 3 is 2.62 bits per heavy atom. The fourth-order valence-electron chi connectivity index (χ4n) is 2.84. The van der Waals surface area contributed by atoms with E-state index in [-0.39, 0.29) is 12.2 Å². The lowest BCUT2D eigenvalue weighted by Gasteiger charge is -2.15. The Hall–Kier alpha value is -3.06. The molecule has 0 atom stereocenters. The van der Waals surface area contributed by atoms with Gasteiger partial charge in [-0.15, -0.1) is 6.58 Å². The van der Waals surface area contributed by atoms with Crippen molar-refractivity contribution in [3.05, 3.63) is 76.4 Å². The van der Waals surface area contributed by atoms with E-state index in [2.05, 4.69) is 27.8 Å². The van der Waals surface area contributed by atoms with Gasteiger partial charge in [-0.1, -0.05) is 36.4 Å². The van der Waals surface area contributed by atoms with Crippen LogP contribution in [0.25, 0.3) is 6.08 Å². The van der Waals surface area contributed by atoms with Gasteiger partial charge in [0.2, 0.25) is 0 Å². The van der Waals surface area contributed by atoms with E-state index in [9.17, 15) is 9.59 Å². The summed E-state index contributed by atoms with van der Waals surface area (Å²) in [5.74, 6) is 0.727. The molecule has 1 heterocycles. The normalized spacial score (nSPS) is 14.8. The zero-order valence-electron chi connectivity index (χ0n) is 16.0. The smallest absolute Gasteiger partial charge is 0.329 e. The molecule has 3 amide bonds. The second-order valence-corrected chi connectivity index (χ2v) is 7.08. The molecule has 0 aliphatic carbocycles. The third kappa shape index (κ3) is 4.86. The van der Waals surface area contributed by atoms with Crippen molar-refractivity contribution in [1.29, 1.82) is 0 Å². The van der Waals surface area contributed by atoms with Crippen molar-refractivity contribution >= 4 is 33.9 Å². The first-order valence-electron chi connectivity index (χ1n) is 9.12. The number of imide groups is 1. The summed E-state index contributed by atoms with van der Waals surface area (Å²) in [4.78, 5) is 25.4. The van der Waals surface area contributed by atoms with E-state index in [1.165, 1.54) is 6.08 Å². The van der Waals surface area contributed by atoms with Gasteiger partial charge < -0.3 is 14.8 Å². The van der Waals surface area contributed by atoms with Gasteiger partial charge in [0, 0.05) is 6.54 Å². The third-order valence-corrected chi connectivity index (χ3v) is 4.73. The zero-order valence-corrected chi connectivity index (χ0v) is 17.6. The predicted octanol–water partition coefficient (Wildman–Crippen LogP) is 4.51. The summed E-state index contributed by atoms with van der Waals surface area (Å²) < 4.78 is 12.4. The minimum Gasteiger partial charge on any atom is -0.490 e. The van der Waals surface area contributed by atoms with E-state index < -0.39 is 11.9 Å². The molecule has 150 valence electrons. The number of rotatable bonds is 8. The van der Waals surface area contributed by atoms with Crippen LogP contribution in [0.3, 0.4) is 0 Å². The average Bonchev–Trinajstić information content (AvgIpc) is 2.96. The first-order chi connectivity index (χ1) is 14.0. The highest BCUT2D eigenvalue weighted by atomic mass is 79.9. The lowest BCUT2D eigenvalue weighted by Crippen LogP contribution is -2.30. The highest BCUT2D eigenvalue weighted by Gasteiger charge is 2.32. The highest BCUT2D eigenvalue weighted by molar-refractivity contribution is 9.10. The summed E-state index contributed by atoms with van der Waals surface area (Å²) in [6.45, 7) is 6.45. The van der Waals surface area contributed by atoms with Crippen molar-refractivity contribution < 1.29 is 19.1 Å². The molecule has 1 fully saturated rings. The largest absolute Gasteiger partial charge is 0.490 e. The number of halogens is 1. The molecule has 0 saturated carbocycles. The monoisotopic (exact) mass is 456 g/mol. The van der Waals surface area contributed by atoms with Crippen LogP contribution in [0.15, 0.2) is 65.3 Å². The number of carbonyl (C=O) groups is 2. The topological polar surface area (TPSA) is 67.9 Å². The van der Waals surface area contributed by atoms with E-state index in [1.54, 1.807) is 12.1 Å². The quantitative estimate of drug-likeness (QED) is 0.360. The molecule has 1 N–H and O–H groups in total. The van der Waals surface area contributed by atoms with Crippen molar-refractivity contribution in [2.45, 2.75) is 13.5 Å². The number of benzene rings is 2. The van der Waals surface area contributed by atoms with Crippen molar-refractivity contribution in [3.63, 3.8) is 0 Å². The molecular formula is C22H21BrN2O4. The highest BCUT2D eigenvalue weighted by Crippen LogP contribution is 2.38. The fourth-order valence-corrected chi connectivity index (χ4v) is 3.41.